The van der Waals surface area contributed by atoms with Gasteiger partial charge < -0.3 is 20.3 Å². The van der Waals surface area contributed by atoms with Crippen LogP contribution in [0.5, 0.6) is 5.88 Å². The topological polar surface area (TPSA) is 92.3 Å². The quantitative estimate of drug-likeness (QED) is 0.680. The van der Waals surface area contributed by atoms with E-state index in [0.29, 0.717) is 28.8 Å². The summed E-state index contributed by atoms with van der Waals surface area (Å²) < 4.78 is 5.05. The first-order valence-corrected chi connectivity index (χ1v) is 8.66. The third kappa shape index (κ3) is 4.73. The van der Waals surface area contributed by atoms with Crippen LogP contribution >= 0.6 is 0 Å². The summed E-state index contributed by atoms with van der Waals surface area (Å²) in [6.07, 6.45) is 1.53. The molecule has 0 radical (unpaired) electrons. The van der Waals surface area contributed by atoms with Gasteiger partial charge in [-0.1, -0.05) is 0 Å². The van der Waals surface area contributed by atoms with Crippen LogP contribution in [0.15, 0.2) is 48.7 Å². The van der Waals surface area contributed by atoms with E-state index in [-0.39, 0.29) is 5.91 Å². The zero-order valence-electron chi connectivity index (χ0n) is 16.2. The zero-order chi connectivity index (χ0) is 20.1. The second kappa shape index (κ2) is 8.34. The number of pyridine rings is 1. The van der Waals surface area contributed by atoms with Crippen LogP contribution in [-0.2, 0) is 0 Å². The van der Waals surface area contributed by atoms with Gasteiger partial charge in [0.05, 0.1) is 7.11 Å². The highest BCUT2D eigenvalue weighted by Gasteiger charge is 2.08. The van der Waals surface area contributed by atoms with Gasteiger partial charge in [-0.15, -0.1) is 0 Å². The number of methoxy groups -OCH3 is 1. The van der Waals surface area contributed by atoms with Crippen LogP contribution in [-0.4, -0.2) is 42.1 Å². The van der Waals surface area contributed by atoms with Gasteiger partial charge in [0, 0.05) is 49.4 Å². The monoisotopic (exact) mass is 378 g/mol. The summed E-state index contributed by atoms with van der Waals surface area (Å²) in [6, 6.07) is 12.5. The lowest BCUT2D eigenvalue weighted by Crippen LogP contribution is -2.12. The lowest BCUT2D eigenvalue weighted by molar-refractivity contribution is 0.102. The minimum Gasteiger partial charge on any atom is -0.481 e. The van der Waals surface area contributed by atoms with Crippen LogP contribution < -0.4 is 20.3 Å². The number of nitrogens with one attached hydrogen (secondary N) is 2. The van der Waals surface area contributed by atoms with E-state index in [2.05, 4.69) is 25.6 Å². The number of anilines is 4. The fourth-order valence-electron chi connectivity index (χ4n) is 2.50. The number of nitrogens with zero attached hydrogens (tertiary/aromatic N) is 4. The molecular formula is C20H22N6O2. The third-order valence-electron chi connectivity index (χ3n) is 3.90. The van der Waals surface area contributed by atoms with Crippen LogP contribution in [0, 0.1) is 6.92 Å². The first-order chi connectivity index (χ1) is 13.4. The lowest BCUT2D eigenvalue weighted by atomic mass is 10.2. The van der Waals surface area contributed by atoms with Crippen molar-refractivity contribution in [3.05, 3.63) is 60.0 Å². The Labute approximate surface area is 163 Å². The van der Waals surface area contributed by atoms with Crippen molar-refractivity contribution in [3.63, 3.8) is 0 Å². The number of aryl methyl sites for hydroxylation is 1. The highest BCUT2D eigenvalue weighted by molar-refractivity contribution is 6.04. The van der Waals surface area contributed by atoms with Gasteiger partial charge >= 0.3 is 0 Å². The second-order valence-corrected chi connectivity index (χ2v) is 6.30. The predicted molar refractivity (Wildman–Crippen MR) is 110 cm³/mol. The van der Waals surface area contributed by atoms with Crippen LogP contribution in [0.1, 0.15) is 16.2 Å². The minimum atomic E-state index is -0.233. The minimum absolute atomic E-state index is 0.233. The first kappa shape index (κ1) is 19.1. The maximum Gasteiger partial charge on any atom is 0.255 e. The Morgan fingerprint density at radius 3 is 2.43 bits per heavy atom. The molecule has 0 unspecified atom stereocenters. The molecular weight excluding hydrogens is 356 g/mol. The molecule has 2 N–H and O–H groups in total. The van der Waals surface area contributed by atoms with E-state index in [1.807, 2.05) is 56.3 Å². The molecule has 0 aliphatic rings. The summed E-state index contributed by atoms with van der Waals surface area (Å²) in [4.78, 5) is 27.1. The number of carbonyl (C=O) groups is 1. The van der Waals surface area contributed by atoms with Gasteiger partial charge in [-0.25, -0.2) is 15.0 Å². The van der Waals surface area contributed by atoms with Gasteiger partial charge in [0.25, 0.3) is 5.91 Å². The van der Waals surface area contributed by atoms with Crippen molar-refractivity contribution in [3.8, 4) is 5.88 Å². The summed E-state index contributed by atoms with van der Waals surface area (Å²) in [6.45, 7) is 1.85. The Morgan fingerprint density at radius 2 is 1.75 bits per heavy atom. The molecule has 3 aromatic rings. The molecule has 1 aromatic carbocycles. The van der Waals surface area contributed by atoms with Crippen molar-refractivity contribution in [2.24, 2.45) is 0 Å². The Bertz CT molecular complexity index is 973. The fraction of sp³-hybridized carbons (Fsp3) is 0.200. The van der Waals surface area contributed by atoms with E-state index in [4.69, 9.17) is 4.74 Å². The van der Waals surface area contributed by atoms with Gasteiger partial charge in [0.1, 0.15) is 17.5 Å². The molecule has 144 valence electrons. The average molecular weight is 378 g/mol. The van der Waals surface area contributed by atoms with E-state index in [9.17, 15) is 4.79 Å². The van der Waals surface area contributed by atoms with Crippen molar-refractivity contribution >= 4 is 28.9 Å². The van der Waals surface area contributed by atoms with Gasteiger partial charge in [0.2, 0.25) is 5.88 Å². The normalized spacial score (nSPS) is 10.3. The maximum absolute atomic E-state index is 12.4. The molecule has 2 aromatic heterocycles. The third-order valence-corrected chi connectivity index (χ3v) is 3.90. The Hall–Kier alpha value is -3.68. The fourth-order valence-corrected chi connectivity index (χ4v) is 2.50. The van der Waals surface area contributed by atoms with Crippen LogP contribution in [0.4, 0.5) is 23.0 Å². The number of benzene rings is 1. The molecule has 0 saturated heterocycles. The number of rotatable bonds is 6. The van der Waals surface area contributed by atoms with Crippen molar-refractivity contribution in [1.82, 2.24) is 15.0 Å². The molecule has 0 aliphatic heterocycles. The van der Waals surface area contributed by atoms with Crippen LogP contribution in [0.2, 0.25) is 0 Å². The molecule has 0 spiro atoms. The average Bonchev–Trinajstić information content (AvgIpc) is 2.69. The molecule has 2 heterocycles. The van der Waals surface area contributed by atoms with Crippen molar-refractivity contribution in [2.45, 2.75) is 6.92 Å². The molecule has 0 saturated carbocycles. The molecule has 8 nitrogen and oxygen atoms in total. The van der Waals surface area contributed by atoms with Crippen LogP contribution in [0.3, 0.4) is 0 Å². The van der Waals surface area contributed by atoms with E-state index < -0.39 is 0 Å². The summed E-state index contributed by atoms with van der Waals surface area (Å²) >= 11 is 0. The van der Waals surface area contributed by atoms with Crippen molar-refractivity contribution < 1.29 is 9.53 Å². The predicted octanol–water partition coefficient (Wildman–Crippen LogP) is 3.25. The van der Waals surface area contributed by atoms with Crippen LogP contribution in [0.25, 0.3) is 0 Å². The Balaban J connectivity index is 1.69. The van der Waals surface area contributed by atoms with E-state index in [0.717, 1.165) is 11.5 Å². The van der Waals surface area contributed by atoms with Gasteiger partial charge in [-0.3, -0.25) is 4.79 Å². The highest BCUT2D eigenvalue weighted by Crippen LogP contribution is 2.21. The van der Waals surface area contributed by atoms with Crippen molar-refractivity contribution in [2.75, 3.05) is 36.7 Å². The molecule has 28 heavy (non-hydrogen) atoms. The molecule has 8 heteroatoms. The second-order valence-electron chi connectivity index (χ2n) is 6.30. The lowest BCUT2D eigenvalue weighted by Gasteiger charge is -2.14. The number of ether oxygens (including phenoxy) is 1. The number of hydrogen-bond acceptors (Lipinski definition) is 7. The molecule has 0 bridgehead atoms. The molecule has 3 rings (SSSR count). The Morgan fingerprint density at radius 1 is 1.04 bits per heavy atom. The standard InChI is InChI=1S/C20H22N6O2/c1-13-22-17(12-18(23-13)26(2)3)24-15-5-7-16(8-6-15)25-20(27)14-9-10-21-19(11-14)28-4/h5-12H,1-4H3,(H,25,27)(H,22,23,24). The molecule has 0 fully saturated rings. The summed E-state index contributed by atoms with van der Waals surface area (Å²) in [7, 11) is 5.37. The molecule has 1 amide bonds. The number of hydrogen-bond donors (Lipinski definition) is 2. The highest BCUT2D eigenvalue weighted by atomic mass is 16.5. The van der Waals surface area contributed by atoms with Gasteiger partial charge in [-0.05, 0) is 37.3 Å². The zero-order valence-corrected chi connectivity index (χ0v) is 16.2. The van der Waals surface area contributed by atoms with Gasteiger partial charge in [0.15, 0.2) is 0 Å². The summed E-state index contributed by atoms with van der Waals surface area (Å²) in [5.41, 5.74) is 2.01. The van der Waals surface area contributed by atoms with E-state index in [1.54, 1.807) is 12.1 Å². The molecule has 0 atom stereocenters. The van der Waals surface area contributed by atoms with Crippen molar-refractivity contribution in [1.29, 1.82) is 0 Å². The number of aromatic nitrogens is 3. The Kier molecular flexibility index (Phi) is 5.69. The first-order valence-electron chi connectivity index (χ1n) is 8.66. The SMILES string of the molecule is COc1cc(C(=O)Nc2ccc(Nc3cc(N(C)C)nc(C)n3)cc2)ccn1. The summed E-state index contributed by atoms with van der Waals surface area (Å²) in [5, 5.41) is 6.10. The summed E-state index contributed by atoms with van der Waals surface area (Å²) in [5.74, 6) is 2.38. The van der Waals surface area contributed by atoms with E-state index in [1.165, 1.54) is 13.3 Å². The number of amides is 1. The maximum atomic E-state index is 12.4. The number of carbonyl (C=O) groups excluding carboxylic acids is 1. The van der Waals surface area contributed by atoms with Gasteiger partial charge in [-0.2, -0.15) is 0 Å². The van der Waals surface area contributed by atoms with E-state index >= 15 is 0 Å². The smallest absolute Gasteiger partial charge is 0.255 e. The molecule has 0 aliphatic carbocycles. The largest absolute Gasteiger partial charge is 0.481 e.